The van der Waals surface area contributed by atoms with E-state index in [0.29, 0.717) is 18.2 Å². The van der Waals surface area contributed by atoms with Crippen LogP contribution < -0.4 is 10.2 Å². The third kappa shape index (κ3) is 5.91. The van der Waals surface area contributed by atoms with E-state index in [2.05, 4.69) is 5.32 Å². The highest BCUT2D eigenvalue weighted by atomic mass is 19.4. The highest BCUT2D eigenvalue weighted by molar-refractivity contribution is 5.54. The Kier molecular flexibility index (Phi) is 6.45. The largest absolute Gasteiger partial charge is 0.405 e. The van der Waals surface area contributed by atoms with Gasteiger partial charge in [0.2, 0.25) is 0 Å². The molecule has 0 aliphatic rings. The number of rotatable bonds is 7. The van der Waals surface area contributed by atoms with Gasteiger partial charge in [-0.2, -0.15) is 13.2 Å². The van der Waals surface area contributed by atoms with Gasteiger partial charge in [0.15, 0.2) is 0 Å². The lowest BCUT2D eigenvalue weighted by Crippen LogP contribution is -2.35. The first-order valence-corrected chi connectivity index (χ1v) is 7.04. The minimum absolute atomic E-state index is 0.167. The predicted molar refractivity (Wildman–Crippen MR) is 76.9 cm³/mol. The molecular weight excluding hydrogens is 284 g/mol. The molecular formula is C15H22F4N2. The number of alkyl halides is 3. The summed E-state index contributed by atoms with van der Waals surface area (Å²) in [5.74, 6) is -0.0953. The Bertz CT molecular complexity index is 444. The Morgan fingerprint density at radius 1 is 1.24 bits per heavy atom. The van der Waals surface area contributed by atoms with E-state index in [9.17, 15) is 17.6 Å². The van der Waals surface area contributed by atoms with E-state index in [1.807, 2.05) is 13.8 Å². The van der Waals surface area contributed by atoms with Gasteiger partial charge in [-0.3, -0.25) is 0 Å². The molecule has 0 amide bonds. The molecule has 0 aliphatic heterocycles. The van der Waals surface area contributed by atoms with Crippen LogP contribution in [0.25, 0.3) is 0 Å². The standard InChI is InChI=1S/C15H22F4N2/c1-4-21(10-15(17,18)19)14-7-5-6-13(16)12(14)9-20-8-11(2)3/h5-7,11,20H,4,8-10H2,1-3H3. The van der Waals surface area contributed by atoms with Gasteiger partial charge in [-0.05, 0) is 31.5 Å². The molecule has 0 aromatic heterocycles. The maximum absolute atomic E-state index is 14.0. The maximum atomic E-state index is 14.0. The number of benzene rings is 1. The fourth-order valence-corrected chi connectivity index (χ4v) is 2.09. The van der Waals surface area contributed by atoms with Gasteiger partial charge in [-0.25, -0.2) is 4.39 Å². The molecule has 0 unspecified atom stereocenters. The van der Waals surface area contributed by atoms with Gasteiger partial charge < -0.3 is 10.2 Å². The molecule has 0 atom stereocenters. The molecule has 1 N–H and O–H groups in total. The average molecular weight is 306 g/mol. The minimum Gasteiger partial charge on any atom is -0.363 e. The predicted octanol–water partition coefficient (Wildman–Crippen LogP) is 3.96. The van der Waals surface area contributed by atoms with Crippen molar-refractivity contribution in [1.82, 2.24) is 5.32 Å². The zero-order valence-electron chi connectivity index (χ0n) is 12.6. The van der Waals surface area contributed by atoms with Crippen LogP contribution in [0.5, 0.6) is 0 Å². The molecule has 2 nitrogen and oxygen atoms in total. The van der Waals surface area contributed by atoms with E-state index in [-0.39, 0.29) is 18.7 Å². The van der Waals surface area contributed by atoms with Crippen molar-refractivity contribution in [1.29, 1.82) is 0 Å². The van der Waals surface area contributed by atoms with Gasteiger partial charge in [-0.15, -0.1) is 0 Å². The van der Waals surface area contributed by atoms with E-state index in [1.54, 1.807) is 6.92 Å². The lowest BCUT2D eigenvalue weighted by Gasteiger charge is -2.27. The van der Waals surface area contributed by atoms with Crippen LogP contribution in [0.4, 0.5) is 23.2 Å². The summed E-state index contributed by atoms with van der Waals surface area (Å²) in [5, 5.41) is 3.08. The highest BCUT2D eigenvalue weighted by Crippen LogP contribution is 2.27. The SMILES string of the molecule is CCN(CC(F)(F)F)c1cccc(F)c1CNCC(C)C. The number of hydrogen-bond acceptors (Lipinski definition) is 2. The third-order valence-corrected chi connectivity index (χ3v) is 3.04. The van der Waals surface area contributed by atoms with Crippen molar-refractivity contribution in [3.8, 4) is 0 Å². The van der Waals surface area contributed by atoms with Crippen LogP contribution in [0.3, 0.4) is 0 Å². The van der Waals surface area contributed by atoms with Crippen LogP contribution in [0, 0.1) is 11.7 Å². The van der Waals surface area contributed by atoms with Crippen molar-refractivity contribution in [2.45, 2.75) is 33.5 Å². The first-order valence-electron chi connectivity index (χ1n) is 7.04. The van der Waals surface area contributed by atoms with E-state index < -0.39 is 18.5 Å². The summed E-state index contributed by atoms with van der Waals surface area (Å²) in [7, 11) is 0. The molecule has 0 saturated heterocycles. The van der Waals surface area contributed by atoms with E-state index in [1.165, 1.54) is 18.2 Å². The number of hydrogen-bond donors (Lipinski definition) is 1. The second-order valence-electron chi connectivity index (χ2n) is 5.39. The Labute approximate surface area is 123 Å². The van der Waals surface area contributed by atoms with Crippen molar-refractivity contribution in [2.75, 3.05) is 24.5 Å². The van der Waals surface area contributed by atoms with Crippen molar-refractivity contribution >= 4 is 5.69 Å². The Balaban J connectivity index is 2.96. The highest BCUT2D eigenvalue weighted by Gasteiger charge is 2.31. The normalized spacial score (nSPS) is 12.0. The summed E-state index contributed by atoms with van der Waals surface area (Å²) < 4.78 is 51.8. The summed E-state index contributed by atoms with van der Waals surface area (Å²) >= 11 is 0. The molecule has 0 fully saturated rings. The first-order chi connectivity index (χ1) is 9.74. The number of anilines is 1. The molecule has 21 heavy (non-hydrogen) atoms. The quantitative estimate of drug-likeness (QED) is 0.767. The van der Waals surface area contributed by atoms with E-state index >= 15 is 0 Å². The van der Waals surface area contributed by atoms with Crippen LogP contribution in [0.2, 0.25) is 0 Å². The van der Waals surface area contributed by atoms with Crippen LogP contribution in [0.1, 0.15) is 26.3 Å². The van der Waals surface area contributed by atoms with Gasteiger partial charge in [-0.1, -0.05) is 19.9 Å². The van der Waals surface area contributed by atoms with Crippen molar-refractivity contribution in [3.63, 3.8) is 0 Å². The van der Waals surface area contributed by atoms with Crippen molar-refractivity contribution in [2.24, 2.45) is 5.92 Å². The first kappa shape index (κ1) is 17.8. The number of nitrogens with one attached hydrogen (secondary N) is 1. The number of halogens is 4. The molecule has 0 spiro atoms. The van der Waals surface area contributed by atoms with Crippen molar-refractivity contribution in [3.05, 3.63) is 29.6 Å². The topological polar surface area (TPSA) is 15.3 Å². The summed E-state index contributed by atoms with van der Waals surface area (Å²) in [6.45, 7) is 5.63. The zero-order valence-corrected chi connectivity index (χ0v) is 12.6. The molecule has 0 heterocycles. The molecule has 0 bridgehead atoms. The average Bonchev–Trinajstić information content (AvgIpc) is 2.36. The molecule has 120 valence electrons. The summed E-state index contributed by atoms with van der Waals surface area (Å²) in [6, 6.07) is 4.25. The summed E-state index contributed by atoms with van der Waals surface area (Å²) in [5.41, 5.74) is 0.579. The summed E-state index contributed by atoms with van der Waals surface area (Å²) in [6.07, 6.45) is -4.31. The third-order valence-electron chi connectivity index (χ3n) is 3.04. The van der Waals surface area contributed by atoms with Crippen LogP contribution in [0.15, 0.2) is 18.2 Å². The maximum Gasteiger partial charge on any atom is 0.405 e. The minimum atomic E-state index is -4.31. The Hall–Kier alpha value is -1.30. The lowest BCUT2D eigenvalue weighted by molar-refractivity contribution is -0.119. The fraction of sp³-hybridized carbons (Fsp3) is 0.600. The molecule has 0 saturated carbocycles. The van der Waals surface area contributed by atoms with Gasteiger partial charge >= 0.3 is 6.18 Å². The smallest absolute Gasteiger partial charge is 0.363 e. The van der Waals surface area contributed by atoms with Crippen molar-refractivity contribution < 1.29 is 17.6 Å². The van der Waals surface area contributed by atoms with Crippen LogP contribution in [-0.4, -0.2) is 25.8 Å². The monoisotopic (exact) mass is 306 g/mol. The van der Waals surface area contributed by atoms with E-state index in [0.717, 1.165) is 4.90 Å². The van der Waals surface area contributed by atoms with Gasteiger partial charge in [0, 0.05) is 24.3 Å². The van der Waals surface area contributed by atoms with Gasteiger partial charge in [0.25, 0.3) is 0 Å². The van der Waals surface area contributed by atoms with Gasteiger partial charge in [0.05, 0.1) is 0 Å². The molecule has 0 radical (unpaired) electrons. The van der Waals surface area contributed by atoms with Crippen LogP contribution in [-0.2, 0) is 6.54 Å². The van der Waals surface area contributed by atoms with Gasteiger partial charge in [0.1, 0.15) is 12.4 Å². The zero-order chi connectivity index (χ0) is 16.0. The second kappa shape index (κ2) is 7.64. The van der Waals surface area contributed by atoms with Crippen LogP contribution >= 0.6 is 0 Å². The Morgan fingerprint density at radius 2 is 1.90 bits per heavy atom. The molecule has 6 heteroatoms. The Morgan fingerprint density at radius 3 is 2.43 bits per heavy atom. The lowest BCUT2D eigenvalue weighted by atomic mass is 10.1. The molecule has 1 rings (SSSR count). The second-order valence-corrected chi connectivity index (χ2v) is 5.39. The summed E-state index contributed by atoms with van der Waals surface area (Å²) in [4.78, 5) is 1.15. The number of nitrogens with zero attached hydrogens (tertiary/aromatic N) is 1. The fourth-order valence-electron chi connectivity index (χ4n) is 2.09. The molecule has 1 aromatic carbocycles. The molecule has 1 aromatic rings. The molecule has 0 aliphatic carbocycles. The van der Waals surface area contributed by atoms with E-state index in [4.69, 9.17) is 0 Å².